The first kappa shape index (κ1) is 25.2. The molecule has 38 heavy (non-hydrogen) atoms. The first-order chi connectivity index (χ1) is 18.0. The van der Waals surface area contributed by atoms with Crippen molar-refractivity contribution in [2.45, 2.75) is 38.4 Å². The van der Waals surface area contributed by atoms with Gasteiger partial charge in [-0.25, -0.2) is 27.2 Å². The maximum atomic E-state index is 13.9. The number of nitrogens with one attached hydrogen (secondary N) is 1. The van der Waals surface area contributed by atoms with E-state index in [0.717, 1.165) is 12.1 Å². The van der Waals surface area contributed by atoms with E-state index in [1.165, 1.54) is 22.1 Å². The van der Waals surface area contributed by atoms with E-state index in [1.807, 2.05) is 0 Å². The minimum absolute atomic E-state index is 0.0106. The van der Waals surface area contributed by atoms with E-state index < -0.39 is 47.2 Å². The molecule has 9 nitrogen and oxygen atoms in total. The van der Waals surface area contributed by atoms with Crippen LogP contribution in [0, 0.1) is 23.3 Å². The van der Waals surface area contributed by atoms with Crippen LogP contribution in [0.15, 0.2) is 36.5 Å². The average Bonchev–Trinajstić information content (AvgIpc) is 3.44. The largest absolute Gasteiger partial charge is 0.478 e. The normalized spacial score (nSPS) is 19.0. The van der Waals surface area contributed by atoms with Crippen LogP contribution in [0.25, 0.3) is 0 Å². The lowest BCUT2D eigenvalue weighted by molar-refractivity contribution is -0.117. The fourth-order valence-electron chi connectivity index (χ4n) is 4.92. The summed E-state index contributed by atoms with van der Waals surface area (Å²) in [4.78, 5) is 40.4. The van der Waals surface area contributed by atoms with Crippen molar-refractivity contribution in [3.05, 3.63) is 76.6 Å². The number of carbonyl (C=O) groups excluding carboxylic acids is 2. The zero-order valence-corrected chi connectivity index (χ0v) is 19.9. The molecule has 2 N–H and O–H groups in total. The third-order valence-electron chi connectivity index (χ3n) is 6.81. The highest BCUT2D eigenvalue weighted by Crippen LogP contribution is 2.37. The third kappa shape index (κ3) is 4.44. The van der Waals surface area contributed by atoms with Crippen LogP contribution in [-0.2, 0) is 17.9 Å². The Morgan fingerprint density at radius 1 is 1.08 bits per heavy atom. The molecule has 2 atom stereocenters. The van der Waals surface area contributed by atoms with Gasteiger partial charge < -0.3 is 20.2 Å². The summed E-state index contributed by atoms with van der Waals surface area (Å²) in [5.74, 6) is -7.29. The number of hydrogen-bond donors (Lipinski definition) is 2. The van der Waals surface area contributed by atoms with Gasteiger partial charge in [-0.2, -0.15) is 5.10 Å². The summed E-state index contributed by atoms with van der Waals surface area (Å²) < 4.78 is 56.0. The molecule has 2 aliphatic heterocycles. The summed E-state index contributed by atoms with van der Waals surface area (Å²) in [6.45, 7) is 2.07. The number of halogens is 4. The van der Waals surface area contributed by atoms with Crippen LogP contribution in [0.1, 0.15) is 40.9 Å². The van der Waals surface area contributed by atoms with Gasteiger partial charge >= 0.3 is 12.0 Å². The number of anilines is 2. The second-order valence-electron chi connectivity index (χ2n) is 9.26. The number of carboxylic acid groups (broad SMARTS) is 1. The number of urea groups is 1. The molecule has 3 amide bonds. The standard InChI is InChI=1S/C25H21F4N5O4/c1-12-9-34-21(11-32(12)25(38)31-15-6-18(27)23(29)19(28)7-15)20(8-30-34)33-10-13(4-22(33)35)17-5-14(26)2-3-16(17)24(36)37/h2-3,5-8,12-13H,4,9-11H2,1H3,(H,31,38)(H,36,37)/t12-,13?/m0/s1. The zero-order valence-electron chi connectivity index (χ0n) is 19.9. The van der Waals surface area contributed by atoms with E-state index >= 15 is 0 Å². The van der Waals surface area contributed by atoms with Crippen LogP contribution in [-0.4, -0.2) is 50.3 Å². The van der Waals surface area contributed by atoms with Crippen molar-refractivity contribution in [1.29, 1.82) is 0 Å². The number of benzene rings is 2. The summed E-state index contributed by atoms with van der Waals surface area (Å²) in [5, 5.41) is 16.2. The van der Waals surface area contributed by atoms with E-state index in [-0.39, 0.29) is 48.8 Å². The van der Waals surface area contributed by atoms with Crippen molar-refractivity contribution >= 4 is 29.3 Å². The first-order valence-corrected chi connectivity index (χ1v) is 11.6. The molecule has 0 spiro atoms. The minimum Gasteiger partial charge on any atom is -0.478 e. The molecule has 1 fully saturated rings. The molecule has 2 aliphatic rings. The molecule has 0 bridgehead atoms. The number of aromatic carboxylic acids is 1. The van der Waals surface area contributed by atoms with Gasteiger partial charge in [0.1, 0.15) is 5.82 Å². The molecule has 0 radical (unpaired) electrons. The smallest absolute Gasteiger partial charge is 0.335 e. The van der Waals surface area contributed by atoms with E-state index in [0.29, 0.717) is 23.5 Å². The lowest BCUT2D eigenvalue weighted by Gasteiger charge is -2.35. The number of nitrogens with zero attached hydrogens (tertiary/aromatic N) is 4. The minimum atomic E-state index is -1.65. The monoisotopic (exact) mass is 531 g/mol. The molecule has 2 aromatic carbocycles. The van der Waals surface area contributed by atoms with Gasteiger partial charge in [-0.05, 0) is 30.7 Å². The van der Waals surface area contributed by atoms with Gasteiger partial charge in [-0.3, -0.25) is 9.48 Å². The summed E-state index contributed by atoms with van der Waals surface area (Å²) in [5.41, 5.74) is 0.784. The number of carbonyl (C=O) groups is 3. The molecule has 198 valence electrons. The van der Waals surface area contributed by atoms with E-state index in [9.17, 15) is 37.1 Å². The van der Waals surface area contributed by atoms with E-state index in [1.54, 1.807) is 11.6 Å². The molecule has 1 unspecified atom stereocenters. The number of fused-ring (bicyclic) bond motifs is 1. The van der Waals surface area contributed by atoms with Crippen LogP contribution in [0.5, 0.6) is 0 Å². The van der Waals surface area contributed by atoms with Crippen molar-refractivity contribution in [3.8, 4) is 0 Å². The van der Waals surface area contributed by atoms with Gasteiger partial charge in [0.05, 0.1) is 42.3 Å². The number of carboxylic acids is 1. The fraction of sp³-hybridized carbons (Fsp3) is 0.280. The van der Waals surface area contributed by atoms with Crippen molar-refractivity contribution in [2.75, 3.05) is 16.8 Å². The highest BCUT2D eigenvalue weighted by atomic mass is 19.2. The van der Waals surface area contributed by atoms with Crippen LogP contribution in [0.4, 0.5) is 33.7 Å². The number of aromatic nitrogens is 2. The van der Waals surface area contributed by atoms with Crippen molar-refractivity contribution in [1.82, 2.24) is 14.7 Å². The predicted molar refractivity (Wildman–Crippen MR) is 126 cm³/mol. The maximum absolute atomic E-state index is 13.9. The third-order valence-corrected chi connectivity index (χ3v) is 6.81. The molecule has 1 saturated heterocycles. The molecule has 1 aromatic heterocycles. The molecule has 5 rings (SSSR count). The number of hydrogen-bond acceptors (Lipinski definition) is 4. The topological polar surface area (TPSA) is 108 Å². The quantitative estimate of drug-likeness (QED) is 0.390. The van der Waals surface area contributed by atoms with Gasteiger partial charge in [0, 0.05) is 36.7 Å². The van der Waals surface area contributed by atoms with Crippen LogP contribution >= 0.6 is 0 Å². The molecular formula is C25H21F4N5O4. The second kappa shape index (κ2) is 9.47. The predicted octanol–water partition coefficient (Wildman–Crippen LogP) is 4.09. The molecule has 0 saturated carbocycles. The summed E-state index contributed by atoms with van der Waals surface area (Å²) >= 11 is 0. The molecular weight excluding hydrogens is 510 g/mol. The van der Waals surface area contributed by atoms with E-state index in [2.05, 4.69) is 10.4 Å². The Morgan fingerprint density at radius 2 is 1.79 bits per heavy atom. The van der Waals surface area contributed by atoms with Crippen molar-refractivity contribution < 1.29 is 37.1 Å². The van der Waals surface area contributed by atoms with Gasteiger partial charge in [0.25, 0.3) is 0 Å². The Labute approximate surface area is 213 Å². The van der Waals surface area contributed by atoms with Crippen LogP contribution < -0.4 is 10.2 Å². The maximum Gasteiger partial charge on any atom is 0.335 e. The van der Waals surface area contributed by atoms with Crippen LogP contribution in [0.3, 0.4) is 0 Å². The Hall–Kier alpha value is -4.42. The zero-order chi connectivity index (χ0) is 27.3. The first-order valence-electron chi connectivity index (χ1n) is 11.6. The Kier molecular flexibility index (Phi) is 6.29. The molecule has 3 aromatic rings. The lowest BCUT2D eigenvalue weighted by atomic mass is 9.93. The fourth-order valence-corrected chi connectivity index (χ4v) is 4.92. The summed E-state index contributed by atoms with van der Waals surface area (Å²) in [7, 11) is 0. The van der Waals surface area contributed by atoms with Crippen molar-refractivity contribution in [2.24, 2.45) is 0 Å². The summed E-state index contributed by atoms with van der Waals surface area (Å²) in [6.07, 6.45) is 1.43. The molecule has 13 heteroatoms. The number of rotatable bonds is 4. The van der Waals surface area contributed by atoms with E-state index in [4.69, 9.17) is 0 Å². The Balaban J connectivity index is 1.38. The summed E-state index contributed by atoms with van der Waals surface area (Å²) in [6, 6.07) is 3.58. The van der Waals surface area contributed by atoms with Crippen LogP contribution in [0.2, 0.25) is 0 Å². The molecule has 0 aliphatic carbocycles. The van der Waals surface area contributed by atoms with Gasteiger partial charge in [-0.1, -0.05) is 0 Å². The SMILES string of the molecule is C[C@H]1Cn2ncc(N3CC(c4cc(F)ccc4C(=O)O)CC3=O)c2CN1C(=O)Nc1cc(F)c(F)c(F)c1. The molecule has 3 heterocycles. The van der Waals surface area contributed by atoms with Gasteiger partial charge in [0.15, 0.2) is 17.5 Å². The average molecular weight is 531 g/mol. The van der Waals surface area contributed by atoms with Gasteiger partial charge in [0.2, 0.25) is 5.91 Å². The highest BCUT2D eigenvalue weighted by Gasteiger charge is 2.38. The van der Waals surface area contributed by atoms with Crippen molar-refractivity contribution in [3.63, 3.8) is 0 Å². The van der Waals surface area contributed by atoms with Gasteiger partial charge in [-0.15, -0.1) is 0 Å². The highest BCUT2D eigenvalue weighted by molar-refractivity contribution is 5.98. The Bertz CT molecular complexity index is 1450. The second-order valence-corrected chi connectivity index (χ2v) is 9.26. The lowest BCUT2D eigenvalue weighted by Crippen LogP contribution is -2.47. The Morgan fingerprint density at radius 3 is 2.47 bits per heavy atom. The number of amides is 3.